The third-order valence-electron chi connectivity index (χ3n) is 3.00. The highest BCUT2D eigenvalue weighted by atomic mass is 16.7. The zero-order valence-electron chi connectivity index (χ0n) is 10.2. The van der Waals surface area contributed by atoms with E-state index in [9.17, 15) is 0 Å². The molecule has 1 aliphatic heterocycles. The second kappa shape index (κ2) is 6.62. The van der Waals surface area contributed by atoms with Gasteiger partial charge in [0.15, 0.2) is 6.29 Å². The zero-order valence-corrected chi connectivity index (χ0v) is 10.2. The van der Waals surface area contributed by atoms with Crippen LogP contribution in [0.25, 0.3) is 0 Å². The summed E-state index contributed by atoms with van der Waals surface area (Å²) in [7, 11) is 0. The molecule has 0 bridgehead atoms. The van der Waals surface area contributed by atoms with Gasteiger partial charge in [-0.15, -0.1) is 0 Å². The van der Waals surface area contributed by atoms with Crippen LogP contribution in [0.4, 0.5) is 0 Å². The predicted molar refractivity (Wildman–Crippen MR) is 68.0 cm³/mol. The largest absolute Gasteiger partial charge is 0.465 e. The van der Waals surface area contributed by atoms with Gasteiger partial charge in [0.2, 0.25) is 0 Å². The maximum absolute atomic E-state index is 5.77. The van der Waals surface area contributed by atoms with Crippen LogP contribution in [0.2, 0.25) is 0 Å². The number of aryl methyl sites for hydroxylation is 1. The highest BCUT2D eigenvalue weighted by molar-refractivity contribution is 5.27. The minimum absolute atomic E-state index is 0.0568. The van der Waals surface area contributed by atoms with Gasteiger partial charge in [-0.05, 0) is 49.9 Å². The Hall–Kier alpha value is -1.06. The number of nitrogens with two attached hydrogens (primary N) is 1. The summed E-state index contributed by atoms with van der Waals surface area (Å²) < 4.78 is 11.3. The van der Waals surface area contributed by atoms with Gasteiger partial charge in [0.1, 0.15) is 5.75 Å². The number of hydrogen-bond donors (Lipinski definition) is 1. The van der Waals surface area contributed by atoms with Gasteiger partial charge in [0.25, 0.3) is 0 Å². The Balaban J connectivity index is 1.84. The summed E-state index contributed by atoms with van der Waals surface area (Å²) in [6, 6.07) is 8.25. The predicted octanol–water partition coefficient (Wildman–Crippen LogP) is 2.48. The minimum Gasteiger partial charge on any atom is -0.465 e. The molecule has 1 aromatic carbocycles. The molecule has 94 valence electrons. The van der Waals surface area contributed by atoms with Crippen LogP contribution >= 0.6 is 0 Å². The van der Waals surface area contributed by atoms with Crippen molar-refractivity contribution >= 4 is 0 Å². The molecule has 1 fully saturated rings. The molecule has 0 amide bonds. The minimum atomic E-state index is -0.0568. The van der Waals surface area contributed by atoms with Crippen molar-refractivity contribution in [3.63, 3.8) is 0 Å². The lowest BCUT2D eigenvalue weighted by molar-refractivity contribution is -0.105. The Bertz CT molecular complexity index is 317. The molecule has 17 heavy (non-hydrogen) atoms. The van der Waals surface area contributed by atoms with Crippen molar-refractivity contribution in [1.29, 1.82) is 0 Å². The van der Waals surface area contributed by atoms with Crippen molar-refractivity contribution in [2.75, 3.05) is 13.2 Å². The van der Waals surface area contributed by atoms with Crippen molar-refractivity contribution in [3.8, 4) is 5.75 Å². The van der Waals surface area contributed by atoms with E-state index < -0.39 is 0 Å². The van der Waals surface area contributed by atoms with Gasteiger partial charge in [-0.25, -0.2) is 0 Å². The lowest BCUT2D eigenvalue weighted by Crippen LogP contribution is -2.24. The lowest BCUT2D eigenvalue weighted by Gasteiger charge is -2.23. The van der Waals surface area contributed by atoms with E-state index in [1.807, 2.05) is 12.1 Å². The number of ether oxygens (including phenoxy) is 2. The van der Waals surface area contributed by atoms with Crippen molar-refractivity contribution in [2.45, 2.75) is 38.4 Å². The topological polar surface area (TPSA) is 44.5 Å². The summed E-state index contributed by atoms with van der Waals surface area (Å²) in [5.41, 5.74) is 6.80. The van der Waals surface area contributed by atoms with Crippen LogP contribution in [-0.2, 0) is 11.2 Å². The van der Waals surface area contributed by atoms with E-state index in [4.69, 9.17) is 15.2 Å². The van der Waals surface area contributed by atoms with Gasteiger partial charge < -0.3 is 15.2 Å². The molecule has 0 spiro atoms. The van der Waals surface area contributed by atoms with Crippen LogP contribution < -0.4 is 10.5 Å². The molecular formula is C14H21NO2. The highest BCUT2D eigenvalue weighted by Gasteiger charge is 2.14. The maximum atomic E-state index is 5.77. The van der Waals surface area contributed by atoms with Gasteiger partial charge in [-0.1, -0.05) is 12.1 Å². The van der Waals surface area contributed by atoms with Crippen molar-refractivity contribution in [3.05, 3.63) is 29.8 Å². The van der Waals surface area contributed by atoms with E-state index in [2.05, 4.69) is 12.1 Å². The van der Waals surface area contributed by atoms with Gasteiger partial charge in [0.05, 0.1) is 6.61 Å². The van der Waals surface area contributed by atoms with E-state index in [-0.39, 0.29) is 6.29 Å². The zero-order chi connectivity index (χ0) is 11.9. The number of rotatable bonds is 5. The lowest BCUT2D eigenvalue weighted by atomic mass is 10.1. The second-order valence-electron chi connectivity index (χ2n) is 4.45. The summed E-state index contributed by atoms with van der Waals surface area (Å²) in [4.78, 5) is 0. The Morgan fingerprint density at radius 3 is 2.71 bits per heavy atom. The van der Waals surface area contributed by atoms with Crippen molar-refractivity contribution in [2.24, 2.45) is 5.73 Å². The summed E-state index contributed by atoms with van der Waals surface area (Å²) in [5, 5.41) is 0. The van der Waals surface area contributed by atoms with E-state index in [0.29, 0.717) is 0 Å². The Labute approximate surface area is 103 Å². The first-order valence-electron chi connectivity index (χ1n) is 6.46. The fraction of sp³-hybridized carbons (Fsp3) is 0.571. The quantitative estimate of drug-likeness (QED) is 0.852. The molecule has 3 heteroatoms. The van der Waals surface area contributed by atoms with Crippen LogP contribution in [-0.4, -0.2) is 19.4 Å². The summed E-state index contributed by atoms with van der Waals surface area (Å²) in [6.07, 6.45) is 5.35. The first-order valence-corrected chi connectivity index (χ1v) is 6.46. The summed E-state index contributed by atoms with van der Waals surface area (Å²) in [6.45, 7) is 1.56. The average Bonchev–Trinajstić information content (AvgIpc) is 2.39. The van der Waals surface area contributed by atoms with Crippen LogP contribution in [0.3, 0.4) is 0 Å². The van der Waals surface area contributed by atoms with Gasteiger partial charge in [0, 0.05) is 6.42 Å². The Morgan fingerprint density at radius 1 is 1.24 bits per heavy atom. The second-order valence-corrected chi connectivity index (χ2v) is 4.45. The van der Waals surface area contributed by atoms with Gasteiger partial charge in [-0.3, -0.25) is 0 Å². The molecule has 1 aromatic rings. The monoisotopic (exact) mass is 235 g/mol. The van der Waals surface area contributed by atoms with Crippen molar-refractivity contribution in [1.82, 2.24) is 0 Å². The fourth-order valence-corrected chi connectivity index (χ4v) is 2.00. The fourth-order valence-electron chi connectivity index (χ4n) is 2.00. The van der Waals surface area contributed by atoms with Crippen LogP contribution in [0.1, 0.15) is 31.2 Å². The molecule has 3 nitrogen and oxygen atoms in total. The molecule has 1 aliphatic rings. The Morgan fingerprint density at radius 2 is 2.06 bits per heavy atom. The molecule has 0 radical (unpaired) electrons. The molecule has 1 atom stereocenters. The third kappa shape index (κ3) is 4.02. The molecule has 2 N–H and O–H groups in total. The van der Waals surface area contributed by atoms with Crippen LogP contribution in [0.5, 0.6) is 5.75 Å². The van der Waals surface area contributed by atoms with E-state index in [0.717, 1.165) is 44.6 Å². The third-order valence-corrected chi connectivity index (χ3v) is 3.00. The first kappa shape index (κ1) is 12.4. The van der Waals surface area contributed by atoms with E-state index in [1.165, 1.54) is 12.0 Å². The molecular weight excluding hydrogens is 214 g/mol. The molecule has 0 aliphatic carbocycles. The van der Waals surface area contributed by atoms with Crippen LogP contribution in [0.15, 0.2) is 24.3 Å². The maximum Gasteiger partial charge on any atom is 0.199 e. The molecule has 1 heterocycles. The molecule has 1 unspecified atom stereocenters. The Kier molecular flexibility index (Phi) is 4.83. The SMILES string of the molecule is NCCCc1ccc(OC2CCCCO2)cc1. The van der Waals surface area contributed by atoms with E-state index in [1.54, 1.807) is 0 Å². The highest BCUT2D eigenvalue weighted by Crippen LogP contribution is 2.19. The summed E-state index contributed by atoms with van der Waals surface area (Å²) in [5.74, 6) is 0.897. The molecule has 1 saturated heterocycles. The smallest absolute Gasteiger partial charge is 0.199 e. The standard InChI is InChI=1S/C14H21NO2/c15-10-3-4-12-6-8-13(9-7-12)17-14-5-1-2-11-16-14/h6-9,14H,1-5,10-11,15H2. The van der Waals surface area contributed by atoms with Gasteiger partial charge in [-0.2, -0.15) is 0 Å². The van der Waals surface area contributed by atoms with Crippen LogP contribution in [0, 0.1) is 0 Å². The van der Waals surface area contributed by atoms with Crippen molar-refractivity contribution < 1.29 is 9.47 Å². The summed E-state index contributed by atoms with van der Waals surface area (Å²) >= 11 is 0. The molecule has 0 saturated carbocycles. The average molecular weight is 235 g/mol. The first-order chi connectivity index (χ1) is 8.38. The number of hydrogen-bond acceptors (Lipinski definition) is 3. The normalized spacial score (nSPS) is 20.2. The number of benzene rings is 1. The molecule has 2 rings (SSSR count). The molecule has 0 aromatic heterocycles. The van der Waals surface area contributed by atoms with E-state index >= 15 is 0 Å². The van der Waals surface area contributed by atoms with Gasteiger partial charge >= 0.3 is 0 Å².